The molecule has 1 aromatic heterocycles. The Morgan fingerprint density at radius 3 is 2.64 bits per heavy atom. The van der Waals surface area contributed by atoms with Gasteiger partial charge < -0.3 is 34.1 Å². The van der Waals surface area contributed by atoms with Gasteiger partial charge in [0, 0.05) is 18.3 Å². The SMILES string of the molecule is COC(=O)C(C)NP(=O)(OCC1OC(n2ccc3c2NC(N)N=C3N(C)NS(C)(=O)=O)[C@](C)(O)[C@@H]1O)Oc1ccc(Cl)cc1. The van der Waals surface area contributed by atoms with E-state index in [2.05, 4.69) is 25.0 Å². The zero-order chi connectivity index (χ0) is 32.6. The van der Waals surface area contributed by atoms with Crippen molar-refractivity contribution in [2.45, 2.75) is 50.2 Å². The molecule has 2 aliphatic rings. The molecule has 2 aliphatic heterocycles. The third kappa shape index (κ3) is 7.54. The maximum absolute atomic E-state index is 13.8. The first-order chi connectivity index (χ1) is 20.4. The minimum atomic E-state index is -4.32. The maximum atomic E-state index is 13.8. The average Bonchev–Trinajstić information content (AvgIpc) is 3.44. The van der Waals surface area contributed by atoms with Crippen molar-refractivity contribution in [3.8, 4) is 5.75 Å². The number of methoxy groups -OCH3 is 1. The molecule has 7 atom stereocenters. The molecule has 5 unspecified atom stereocenters. The van der Waals surface area contributed by atoms with Crippen LogP contribution < -0.4 is 25.5 Å². The number of aromatic nitrogens is 1. The average molecular weight is 680 g/mol. The van der Waals surface area contributed by atoms with Crippen molar-refractivity contribution in [2.75, 3.05) is 32.3 Å². The second kappa shape index (κ2) is 12.9. The molecule has 2 aromatic rings. The lowest BCUT2D eigenvalue weighted by Crippen LogP contribution is -2.47. The van der Waals surface area contributed by atoms with Gasteiger partial charge in [-0.3, -0.25) is 20.1 Å². The van der Waals surface area contributed by atoms with Gasteiger partial charge in [-0.05, 0) is 44.2 Å². The summed E-state index contributed by atoms with van der Waals surface area (Å²) in [5.41, 5.74) is 4.54. The van der Waals surface area contributed by atoms with Gasteiger partial charge in [0.25, 0.3) is 0 Å². The van der Waals surface area contributed by atoms with Crippen LogP contribution in [0.3, 0.4) is 0 Å². The molecule has 3 heterocycles. The van der Waals surface area contributed by atoms with E-state index in [0.717, 1.165) is 13.4 Å². The smallest absolute Gasteiger partial charge is 0.459 e. The van der Waals surface area contributed by atoms with E-state index in [1.165, 1.54) is 60.9 Å². The van der Waals surface area contributed by atoms with Gasteiger partial charge in [-0.2, -0.15) is 5.09 Å². The van der Waals surface area contributed by atoms with Gasteiger partial charge in [0.1, 0.15) is 35.4 Å². The van der Waals surface area contributed by atoms with Gasteiger partial charge in [0.05, 0.1) is 25.5 Å². The highest BCUT2D eigenvalue weighted by Crippen LogP contribution is 2.47. The van der Waals surface area contributed by atoms with Gasteiger partial charge >= 0.3 is 13.7 Å². The van der Waals surface area contributed by atoms with E-state index < -0.39 is 66.7 Å². The number of halogens is 1. The Balaban J connectivity index is 1.57. The lowest BCUT2D eigenvalue weighted by molar-refractivity contribution is -0.142. The maximum Gasteiger partial charge on any atom is 0.459 e. The first-order valence-electron chi connectivity index (χ1n) is 13.1. The van der Waals surface area contributed by atoms with Crippen molar-refractivity contribution in [3.05, 3.63) is 47.1 Å². The second-order valence-corrected chi connectivity index (χ2v) is 14.2. The molecular weight excluding hydrogens is 645 g/mol. The van der Waals surface area contributed by atoms with Gasteiger partial charge in [0.2, 0.25) is 10.0 Å². The summed E-state index contributed by atoms with van der Waals surface area (Å²) in [6, 6.07) is 6.36. The number of esters is 1. The van der Waals surface area contributed by atoms with E-state index in [9.17, 15) is 28.0 Å². The van der Waals surface area contributed by atoms with E-state index in [1.807, 2.05) is 0 Å². The molecule has 0 radical (unpaired) electrons. The largest absolute Gasteiger partial charge is 0.468 e. The van der Waals surface area contributed by atoms with E-state index in [0.29, 0.717) is 16.4 Å². The Hall–Kier alpha value is -2.77. The molecule has 1 aromatic carbocycles. The Morgan fingerprint density at radius 1 is 1.36 bits per heavy atom. The normalized spacial score (nSPS) is 27.0. The van der Waals surface area contributed by atoms with Crippen molar-refractivity contribution in [3.63, 3.8) is 0 Å². The van der Waals surface area contributed by atoms with Crippen molar-refractivity contribution in [1.29, 1.82) is 0 Å². The van der Waals surface area contributed by atoms with Crippen molar-refractivity contribution in [2.24, 2.45) is 10.7 Å². The molecule has 1 fully saturated rings. The third-order valence-corrected chi connectivity index (χ3v) is 9.19. The summed E-state index contributed by atoms with van der Waals surface area (Å²) in [6.07, 6.45) is -2.53. The number of nitrogens with zero attached hydrogens (tertiary/aromatic N) is 3. The summed E-state index contributed by atoms with van der Waals surface area (Å²) in [5.74, 6) is -0.139. The van der Waals surface area contributed by atoms with E-state index in [4.69, 9.17) is 31.1 Å². The minimum absolute atomic E-state index is 0.106. The number of aliphatic imine (C=N–C) groups is 1. The van der Waals surface area contributed by atoms with Crippen LogP contribution in [0.1, 0.15) is 25.6 Å². The predicted octanol–water partition coefficient (Wildman–Crippen LogP) is 0.316. The van der Waals surface area contributed by atoms with Crippen LogP contribution in [0.5, 0.6) is 5.75 Å². The Kier molecular flexibility index (Phi) is 10.0. The van der Waals surface area contributed by atoms with Crippen LogP contribution in [-0.2, 0) is 33.4 Å². The van der Waals surface area contributed by atoms with Crippen LogP contribution in [0.2, 0.25) is 5.02 Å². The van der Waals surface area contributed by atoms with E-state index in [1.54, 1.807) is 6.07 Å². The predicted molar refractivity (Wildman–Crippen MR) is 159 cm³/mol. The lowest BCUT2D eigenvalue weighted by atomic mass is 9.96. The number of amidine groups is 1. The number of ether oxygens (including phenoxy) is 2. The molecule has 44 heavy (non-hydrogen) atoms. The van der Waals surface area contributed by atoms with Gasteiger partial charge in [-0.15, -0.1) is 4.83 Å². The monoisotopic (exact) mass is 679 g/mol. The first-order valence-corrected chi connectivity index (χ1v) is 16.9. The van der Waals surface area contributed by atoms with Crippen LogP contribution in [0.15, 0.2) is 41.5 Å². The molecule has 0 bridgehead atoms. The van der Waals surface area contributed by atoms with Gasteiger partial charge in [0.15, 0.2) is 18.4 Å². The zero-order valence-corrected chi connectivity index (χ0v) is 26.8. The fraction of sp³-hybridized carbons (Fsp3) is 0.500. The number of benzene rings is 1. The number of fused-ring (bicyclic) bond motifs is 1. The standard InChI is InChI=1S/C24H35ClN7O10PS/c1-13(21(34)39-4)29-43(36,42-15-8-6-14(25)7-9-15)40-12-17-18(33)24(2,35)22(41-17)32-11-10-16-19(27-23(26)28-20(16)32)31(3)30-44(5,37)38/h6-11,13,17-18,22-23,28,30,33,35H,12,26H2,1-5H3,(H,29,36)/t13?,17?,18-,22?,23?,24-,43?/m1/s1. The number of aliphatic hydroxyl groups excluding tert-OH is 1. The molecule has 0 aliphatic carbocycles. The van der Waals surface area contributed by atoms with Crippen LogP contribution in [0.25, 0.3) is 0 Å². The van der Waals surface area contributed by atoms with E-state index in [-0.39, 0.29) is 11.6 Å². The number of carbonyl (C=O) groups excluding carboxylic acids is 1. The number of hydrazine groups is 1. The van der Waals surface area contributed by atoms with Crippen molar-refractivity contribution >= 4 is 47.0 Å². The summed E-state index contributed by atoms with van der Waals surface area (Å²) in [6.45, 7) is 2.18. The summed E-state index contributed by atoms with van der Waals surface area (Å²) >= 11 is 5.92. The molecule has 0 spiro atoms. The number of aliphatic hydroxyl groups is 2. The molecular formula is C24H35ClN7O10PS. The van der Waals surface area contributed by atoms with Gasteiger partial charge in [-0.1, -0.05) is 11.6 Å². The van der Waals surface area contributed by atoms with E-state index >= 15 is 0 Å². The number of hydrogen-bond acceptors (Lipinski definition) is 14. The number of nitrogens with two attached hydrogens (primary N) is 1. The summed E-state index contributed by atoms with van der Waals surface area (Å²) < 4.78 is 60.7. The van der Waals surface area contributed by atoms with Crippen LogP contribution in [0, 0.1) is 0 Å². The highest BCUT2D eigenvalue weighted by molar-refractivity contribution is 7.88. The highest BCUT2D eigenvalue weighted by Gasteiger charge is 2.54. The fourth-order valence-electron chi connectivity index (χ4n) is 4.65. The summed E-state index contributed by atoms with van der Waals surface area (Å²) in [4.78, 5) is 18.6. The molecule has 1 saturated heterocycles. The molecule has 244 valence electrons. The van der Waals surface area contributed by atoms with Gasteiger partial charge in [-0.25, -0.2) is 18.0 Å². The summed E-state index contributed by atoms with van der Waals surface area (Å²) in [5, 5.41) is 29.5. The first kappa shape index (κ1) is 34.1. The van der Waals surface area contributed by atoms with Crippen LogP contribution >= 0.6 is 19.3 Å². The number of nitrogens with one attached hydrogen (secondary N) is 3. The van der Waals surface area contributed by atoms with Crippen molar-refractivity contribution < 1.29 is 46.5 Å². The molecule has 17 nitrogen and oxygen atoms in total. The van der Waals surface area contributed by atoms with Crippen molar-refractivity contribution in [1.82, 2.24) is 19.5 Å². The minimum Gasteiger partial charge on any atom is -0.468 e. The number of hydrogen-bond donors (Lipinski definition) is 6. The van der Waals surface area contributed by atoms with Crippen LogP contribution in [-0.4, -0.2) is 97.2 Å². The third-order valence-electron chi connectivity index (χ3n) is 6.68. The molecule has 0 amide bonds. The Labute approximate surface area is 258 Å². The second-order valence-electron chi connectivity index (χ2n) is 10.4. The molecule has 0 saturated carbocycles. The number of sulfonamides is 1. The number of rotatable bonds is 11. The molecule has 7 N–H and O–H groups in total. The number of anilines is 1. The Bertz CT molecular complexity index is 1550. The van der Waals surface area contributed by atoms with Crippen LogP contribution in [0.4, 0.5) is 5.82 Å². The lowest BCUT2D eigenvalue weighted by Gasteiger charge is -2.32. The zero-order valence-electron chi connectivity index (χ0n) is 24.4. The Morgan fingerprint density at radius 2 is 2.02 bits per heavy atom. The molecule has 4 rings (SSSR count). The summed E-state index contributed by atoms with van der Waals surface area (Å²) in [7, 11) is -5.36. The quantitative estimate of drug-likeness (QED) is 0.107. The number of carbonyl (C=O) groups is 1. The highest BCUT2D eigenvalue weighted by atomic mass is 35.5. The fourth-order valence-corrected chi connectivity index (χ4v) is 6.86. The topological polar surface area (TPSA) is 228 Å². The molecule has 20 heteroatoms.